The van der Waals surface area contributed by atoms with Crippen molar-refractivity contribution in [2.75, 3.05) is 26.2 Å². The molecule has 0 amide bonds. The van der Waals surface area contributed by atoms with Crippen molar-refractivity contribution >= 4 is 0 Å². The van der Waals surface area contributed by atoms with Crippen LogP contribution >= 0.6 is 0 Å². The van der Waals surface area contributed by atoms with Crippen molar-refractivity contribution in [3.8, 4) is 12.3 Å². The van der Waals surface area contributed by atoms with Gasteiger partial charge in [-0.2, -0.15) is 0 Å². The number of likely N-dealkylation sites (tertiary alicyclic amines) is 1. The minimum Gasteiger partial charge on any atom is -0.313 e. The molecule has 1 aliphatic rings. The first kappa shape index (κ1) is 11.6. The van der Waals surface area contributed by atoms with Crippen LogP contribution in [0.2, 0.25) is 0 Å². The zero-order valence-electron chi connectivity index (χ0n) is 9.26. The van der Waals surface area contributed by atoms with Crippen molar-refractivity contribution in [1.82, 2.24) is 10.2 Å². The number of nitrogens with one attached hydrogen (secondary N) is 1. The lowest BCUT2D eigenvalue weighted by Gasteiger charge is -2.18. The Morgan fingerprint density at radius 2 is 2.29 bits per heavy atom. The van der Waals surface area contributed by atoms with Gasteiger partial charge in [0.2, 0.25) is 0 Å². The van der Waals surface area contributed by atoms with Crippen molar-refractivity contribution in [3.05, 3.63) is 0 Å². The third kappa shape index (κ3) is 4.13. The van der Waals surface area contributed by atoms with Gasteiger partial charge in [0.1, 0.15) is 0 Å². The molecule has 1 aliphatic heterocycles. The summed E-state index contributed by atoms with van der Waals surface area (Å²) in [5.41, 5.74) is 0. The summed E-state index contributed by atoms with van der Waals surface area (Å²) in [5, 5.41) is 3.54. The molecule has 0 aromatic heterocycles. The number of hydrogen-bond acceptors (Lipinski definition) is 2. The van der Waals surface area contributed by atoms with Crippen LogP contribution in [0, 0.1) is 12.3 Å². The lowest BCUT2D eigenvalue weighted by Crippen LogP contribution is -2.31. The zero-order chi connectivity index (χ0) is 10.2. The average molecular weight is 194 g/mol. The average Bonchev–Trinajstić information content (AvgIpc) is 2.43. The van der Waals surface area contributed by atoms with Crippen LogP contribution in [0.4, 0.5) is 0 Å². The predicted molar refractivity (Wildman–Crippen MR) is 61.2 cm³/mol. The second-order valence-electron chi connectivity index (χ2n) is 3.97. The van der Waals surface area contributed by atoms with E-state index in [1.54, 1.807) is 0 Å². The Labute approximate surface area is 88.1 Å². The first-order valence-corrected chi connectivity index (χ1v) is 5.76. The molecule has 80 valence electrons. The van der Waals surface area contributed by atoms with Gasteiger partial charge in [0.15, 0.2) is 0 Å². The highest BCUT2D eigenvalue weighted by Gasteiger charge is 2.14. The van der Waals surface area contributed by atoms with Gasteiger partial charge in [-0.05, 0) is 38.9 Å². The van der Waals surface area contributed by atoms with Crippen LogP contribution in [0.3, 0.4) is 0 Å². The molecule has 0 bridgehead atoms. The minimum atomic E-state index is 0.694. The quantitative estimate of drug-likeness (QED) is 0.538. The predicted octanol–water partition coefficient (Wildman–Crippen LogP) is 1.47. The molecular weight excluding hydrogens is 172 g/mol. The highest BCUT2D eigenvalue weighted by molar-refractivity contribution is 4.85. The first-order valence-electron chi connectivity index (χ1n) is 5.76. The summed E-state index contributed by atoms with van der Waals surface area (Å²) in [6, 6.07) is 0.694. The third-order valence-electron chi connectivity index (χ3n) is 2.97. The molecule has 0 spiro atoms. The maximum absolute atomic E-state index is 5.22. The second kappa shape index (κ2) is 6.86. The third-order valence-corrected chi connectivity index (χ3v) is 2.97. The monoisotopic (exact) mass is 194 g/mol. The van der Waals surface area contributed by atoms with E-state index in [9.17, 15) is 0 Å². The smallest absolute Gasteiger partial charge is 0.0211 e. The van der Waals surface area contributed by atoms with Crippen LogP contribution in [-0.4, -0.2) is 37.1 Å². The van der Waals surface area contributed by atoms with E-state index in [0.717, 1.165) is 13.0 Å². The van der Waals surface area contributed by atoms with Gasteiger partial charge < -0.3 is 10.2 Å². The van der Waals surface area contributed by atoms with Crippen molar-refractivity contribution < 1.29 is 0 Å². The molecule has 1 atom stereocenters. The molecule has 1 unspecified atom stereocenters. The highest BCUT2D eigenvalue weighted by atomic mass is 15.1. The van der Waals surface area contributed by atoms with Crippen molar-refractivity contribution in [1.29, 1.82) is 0 Å². The Kier molecular flexibility index (Phi) is 5.66. The number of terminal acetylenes is 1. The summed E-state index contributed by atoms with van der Waals surface area (Å²) in [5.74, 6) is 2.67. The Hall–Kier alpha value is -0.520. The van der Waals surface area contributed by atoms with Gasteiger partial charge in [-0.3, -0.25) is 0 Å². The van der Waals surface area contributed by atoms with E-state index in [4.69, 9.17) is 6.42 Å². The topological polar surface area (TPSA) is 15.3 Å². The standard InChI is InChI=1S/C12H22N2/c1-3-5-9-13-12-7-6-10-14(4-2)11-8-12/h1,12-13H,4-11H2,2H3. The van der Waals surface area contributed by atoms with Gasteiger partial charge in [-0.1, -0.05) is 6.92 Å². The molecular formula is C12H22N2. The van der Waals surface area contributed by atoms with Crippen molar-refractivity contribution in [2.45, 2.75) is 38.6 Å². The Morgan fingerprint density at radius 3 is 3.00 bits per heavy atom. The number of hydrogen-bond donors (Lipinski definition) is 1. The van der Waals surface area contributed by atoms with E-state index >= 15 is 0 Å². The van der Waals surface area contributed by atoms with Crippen LogP contribution in [0.25, 0.3) is 0 Å². The minimum absolute atomic E-state index is 0.694. The Balaban J connectivity index is 2.18. The molecule has 14 heavy (non-hydrogen) atoms. The normalized spacial score (nSPS) is 24.1. The maximum atomic E-state index is 5.22. The molecule has 0 aromatic rings. The molecule has 2 heteroatoms. The van der Waals surface area contributed by atoms with E-state index in [-0.39, 0.29) is 0 Å². The largest absolute Gasteiger partial charge is 0.313 e. The molecule has 0 aliphatic carbocycles. The van der Waals surface area contributed by atoms with Gasteiger partial charge in [-0.15, -0.1) is 12.3 Å². The van der Waals surface area contributed by atoms with Gasteiger partial charge in [0.05, 0.1) is 0 Å². The summed E-state index contributed by atoms with van der Waals surface area (Å²) in [4.78, 5) is 2.53. The molecule has 0 saturated carbocycles. The van der Waals surface area contributed by atoms with Crippen LogP contribution in [0.5, 0.6) is 0 Å². The van der Waals surface area contributed by atoms with Crippen LogP contribution < -0.4 is 5.32 Å². The van der Waals surface area contributed by atoms with E-state index in [1.807, 2.05) is 0 Å². The second-order valence-corrected chi connectivity index (χ2v) is 3.97. The van der Waals surface area contributed by atoms with Gasteiger partial charge in [0.25, 0.3) is 0 Å². The lowest BCUT2D eigenvalue weighted by atomic mass is 10.1. The Bertz CT molecular complexity index is 183. The summed E-state index contributed by atoms with van der Waals surface area (Å²) in [6.07, 6.45) is 9.98. The maximum Gasteiger partial charge on any atom is 0.0211 e. The van der Waals surface area contributed by atoms with Crippen LogP contribution in [0.15, 0.2) is 0 Å². The lowest BCUT2D eigenvalue weighted by molar-refractivity contribution is 0.297. The fraction of sp³-hybridized carbons (Fsp3) is 0.833. The Morgan fingerprint density at radius 1 is 1.43 bits per heavy atom. The van der Waals surface area contributed by atoms with Gasteiger partial charge >= 0.3 is 0 Å². The van der Waals surface area contributed by atoms with E-state index in [1.165, 1.54) is 38.9 Å². The number of rotatable bonds is 4. The molecule has 0 aromatic carbocycles. The SMILES string of the molecule is C#CCCNC1CCCN(CC)CC1. The highest BCUT2D eigenvalue weighted by Crippen LogP contribution is 2.10. The molecule has 0 radical (unpaired) electrons. The van der Waals surface area contributed by atoms with Crippen LogP contribution in [0.1, 0.15) is 32.6 Å². The summed E-state index contributed by atoms with van der Waals surface area (Å²) < 4.78 is 0. The molecule has 1 N–H and O–H groups in total. The summed E-state index contributed by atoms with van der Waals surface area (Å²) in [7, 11) is 0. The fourth-order valence-corrected chi connectivity index (χ4v) is 2.02. The molecule has 2 nitrogen and oxygen atoms in total. The molecule has 1 heterocycles. The number of nitrogens with zero attached hydrogens (tertiary/aromatic N) is 1. The van der Waals surface area contributed by atoms with E-state index in [2.05, 4.69) is 23.1 Å². The molecule has 1 saturated heterocycles. The van der Waals surface area contributed by atoms with E-state index in [0.29, 0.717) is 6.04 Å². The fourth-order valence-electron chi connectivity index (χ4n) is 2.02. The molecule has 1 fully saturated rings. The van der Waals surface area contributed by atoms with Gasteiger partial charge in [-0.25, -0.2) is 0 Å². The first-order chi connectivity index (χ1) is 6.86. The molecule has 1 rings (SSSR count). The van der Waals surface area contributed by atoms with Crippen molar-refractivity contribution in [2.24, 2.45) is 0 Å². The van der Waals surface area contributed by atoms with Crippen LogP contribution in [-0.2, 0) is 0 Å². The summed E-state index contributed by atoms with van der Waals surface area (Å²) >= 11 is 0. The van der Waals surface area contributed by atoms with E-state index < -0.39 is 0 Å². The zero-order valence-corrected chi connectivity index (χ0v) is 9.26. The van der Waals surface area contributed by atoms with Crippen molar-refractivity contribution in [3.63, 3.8) is 0 Å². The summed E-state index contributed by atoms with van der Waals surface area (Å²) in [6.45, 7) is 6.92. The van der Waals surface area contributed by atoms with Gasteiger partial charge in [0, 0.05) is 19.0 Å².